The molecular weight excluding hydrogens is 199 g/mol. The van der Waals surface area contributed by atoms with Crippen LogP contribution in [0.2, 0.25) is 0 Å². The molecule has 3 nitrogen and oxygen atoms in total. The number of aryl methyl sites for hydroxylation is 1. The van der Waals surface area contributed by atoms with E-state index in [2.05, 4.69) is 9.72 Å². The molecule has 0 atom stereocenters. The van der Waals surface area contributed by atoms with Crippen molar-refractivity contribution in [3.8, 4) is 5.75 Å². The Labute approximate surface area is 77.5 Å². The second-order valence-electron chi connectivity index (χ2n) is 2.51. The van der Waals surface area contributed by atoms with E-state index in [9.17, 15) is 18.0 Å². The van der Waals surface area contributed by atoms with Gasteiger partial charge in [0.25, 0.3) is 0 Å². The van der Waals surface area contributed by atoms with E-state index in [1.54, 1.807) is 0 Å². The SMILES string of the molecule is Cc1ccnc(C=O)c1OC(F)(F)F. The molecule has 1 aromatic rings. The van der Waals surface area contributed by atoms with Gasteiger partial charge in [0.2, 0.25) is 0 Å². The van der Waals surface area contributed by atoms with Gasteiger partial charge in [0.1, 0.15) is 5.69 Å². The van der Waals surface area contributed by atoms with Crippen molar-refractivity contribution < 1.29 is 22.7 Å². The van der Waals surface area contributed by atoms with E-state index < -0.39 is 12.1 Å². The average molecular weight is 205 g/mol. The van der Waals surface area contributed by atoms with E-state index in [0.717, 1.165) is 0 Å². The third-order valence-electron chi connectivity index (χ3n) is 1.46. The highest BCUT2D eigenvalue weighted by Gasteiger charge is 2.33. The van der Waals surface area contributed by atoms with Crippen molar-refractivity contribution in [2.75, 3.05) is 0 Å². The summed E-state index contributed by atoms with van der Waals surface area (Å²) in [6.45, 7) is 1.40. The molecule has 14 heavy (non-hydrogen) atoms. The second-order valence-corrected chi connectivity index (χ2v) is 2.51. The van der Waals surface area contributed by atoms with Crippen LogP contribution in [-0.2, 0) is 0 Å². The Kier molecular flexibility index (Phi) is 2.73. The fourth-order valence-corrected chi connectivity index (χ4v) is 0.898. The Morgan fingerprint density at radius 2 is 2.14 bits per heavy atom. The first-order valence-corrected chi connectivity index (χ1v) is 3.60. The summed E-state index contributed by atoms with van der Waals surface area (Å²) in [6, 6.07) is 1.33. The number of aromatic nitrogens is 1. The molecule has 0 fully saturated rings. The third kappa shape index (κ3) is 2.45. The normalized spacial score (nSPS) is 11.1. The molecule has 0 saturated carbocycles. The maximum atomic E-state index is 11.9. The number of rotatable bonds is 2. The number of carbonyl (C=O) groups is 1. The Morgan fingerprint density at radius 3 is 2.64 bits per heavy atom. The van der Waals surface area contributed by atoms with Crippen LogP contribution in [0.1, 0.15) is 16.1 Å². The maximum absolute atomic E-state index is 11.9. The summed E-state index contributed by atoms with van der Waals surface area (Å²) in [5, 5.41) is 0. The van der Waals surface area contributed by atoms with E-state index in [1.165, 1.54) is 19.2 Å². The van der Waals surface area contributed by atoms with E-state index in [-0.39, 0.29) is 17.5 Å². The number of hydrogen-bond donors (Lipinski definition) is 0. The smallest absolute Gasteiger partial charge is 0.403 e. The van der Waals surface area contributed by atoms with Gasteiger partial charge in [0.05, 0.1) is 0 Å². The largest absolute Gasteiger partial charge is 0.573 e. The van der Waals surface area contributed by atoms with Crippen LogP contribution in [0.3, 0.4) is 0 Å². The number of hydrogen-bond acceptors (Lipinski definition) is 3. The minimum atomic E-state index is -4.81. The van der Waals surface area contributed by atoms with Crippen molar-refractivity contribution in [2.24, 2.45) is 0 Å². The van der Waals surface area contributed by atoms with Gasteiger partial charge >= 0.3 is 6.36 Å². The molecule has 0 aromatic carbocycles. The molecule has 0 spiro atoms. The molecule has 6 heteroatoms. The Morgan fingerprint density at radius 1 is 1.50 bits per heavy atom. The molecule has 0 amide bonds. The third-order valence-corrected chi connectivity index (χ3v) is 1.46. The molecule has 0 radical (unpaired) electrons. The van der Waals surface area contributed by atoms with Gasteiger partial charge in [-0.05, 0) is 18.6 Å². The Bertz CT molecular complexity index is 349. The van der Waals surface area contributed by atoms with E-state index in [1.807, 2.05) is 0 Å². The van der Waals surface area contributed by atoms with Crippen LogP contribution >= 0.6 is 0 Å². The monoisotopic (exact) mass is 205 g/mol. The number of halogens is 3. The van der Waals surface area contributed by atoms with Crippen LogP contribution in [0.25, 0.3) is 0 Å². The van der Waals surface area contributed by atoms with E-state index >= 15 is 0 Å². The van der Waals surface area contributed by atoms with Crippen LogP contribution in [-0.4, -0.2) is 17.6 Å². The van der Waals surface area contributed by atoms with Gasteiger partial charge in [0.15, 0.2) is 12.0 Å². The maximum Gasteiger partial charge on any atom is 0.573 e. The van der Waals surface area contributed by atoms with Gasteiger partial charge < -0.3 is 4.74 Å². The molecule has 0 aliphatic carbocycles. The summed E-state index contributed by atoms with van der Waals surface area (Å²) in [5.74, 6) is -0.546. The van der Waals surface area contributed by atoms with Crippen molar-refractivity contribution in [3.63, 3.8) is 0 Å². The zero-order valence-corrected chi connectivity index (χ0v) is 7.13. The molecule has 76 valence electrons. The van der Waals surface area contributed by atoms with E-state index in [4.69, 9.17) is 0 Å². The van der Waals surface area contributed by atoms with Gasteiger partial charge in [-0.25, -0.2) is 4.98 Å². The van der Waals surface area contributed by atoms with Crippen molar-refractivity contribution in [1.29, 1.82) is 0 Å². The first-order valence-electron chi connectivity index (χ1n) is 3.60. The van der Waals surface area contributed by atoms with Crippen LogP contribution in [0, 0.1) is 6.92 Å². The number of carbonyl (C=O) groups excluding carboxylic acids is 1. The lowest BCUT2D eigenvalue weighted by molar-refractivity contribution is -0.275. The molecule has 0 aliphatic heterocycles. The van der Waals surface area contributed by atoms with Crippen molar-refractivity contribution in [3.05, 3.63) is 23.5 Å². The van der Waals surface area contributed by atoms with Crippen molar-refractivity contribution >= 4 is 6.29 Å². The van der Waals surface area contributed by atoms with Crippen LogP contribution in [0.4, 0.5) is 13.2 Å². The highest BCUT2D eigenvalue weighted by Crippen LogP contribution is 2.27. The minimum absolute atomic E-state index is 0.208. The lowest BCUT2D eigenvalue weighted by Crippen LogP contribution is -2.19. The lowest BCUT2D eigenvalue weighted by Gasteiger charge is -2.11. The molecular formula is C8H6F3NO2. The predicted molar refractivity (Wildman–Crippen MR) is 41.0 cm³/mol. The van der Waals surface area contributed by atoms with E-state index in [0.29, 0.717) is 0 Å². The quantitative estimate of drug-likeness (QED) is 0.694. The summed E-state index contributed by atoms with van der Waals surface area (Å²) in [7, 11) is 0. The summed E-state index contributed by atoms with van der Waals surface area (Å²) in [4.78, 5) is 13.8. The van der Waals surface area contributed by atoms with Gasteiger partial charge in [0, 0.05) is 6.20 Å². The second kappa shape index (κ2) is 3.65. The Hall–Kier alpha value is -1.59. The summed E-state index contributed by atoms with van der Waals surface area (Å²) < 4.78 is 39.3. The first-order chi connectivity index (χ1) is 6.44. The van der Waals surface area contributed by atoms with Gasteiger partial charge in [-0.1, -0.05) is 0 Å². The topological polar surface area (TPSA) is 39.2 Å². The van der Waals surface area contributed by atoms with Gasteiger partial charge in [-0.3, -0.25) is 4.79 Å². The lowest BCUT2D eigenvalue weighted by atomic mass is 10.2. The molecule has 0 unspecified atom stereocenters. The zero-order chi connectivity index (χ0) is 10.8. The molecule has 1 aromatic heterocycles. The van der Waals surface area contributed by atoms with Crippen molar-refractivity contribution in [1.82, 2.24) is 4.98 Å². The molecule has 0 N–H and O–H groups in total. The highest BCUT2D eigenvalue weighted by atomic mass is 19.4. The zero-order valence-electron chi connectivity index (χ0n) is 7.13. The van der Waals surface area contributed by atoms with Crippen LogP contribution < -0.4 is 4.74 Å². The molecule has 0 bridgehead atoms. The highest BCUT2D eigenvalue weighted by molar-refractivity contribution is 5.77. The molecule has 0 saturated heterocycles. The summed E-state index contributed by atoms with van der Waals surface area (Å²) >= 11 is 0. The predicted octanol–water partition coefficient (Wildman–Crippen LogP) is 2.10. The molecule has 1 rings (SSSR count). The fraction of sp³-hybridized carbons (Fsp3) is 0.250. The minimum Gasteiger partial charge on any atom is -0.403 e. The average Bonchev–Trinajstić information content (AvgIpc) is 2.06. The number of aldehydes is 1. The van der Waals surface area contributed by atoms with Crippen LogP contribution in [0.15, 0.2) is 12.3 Å². The number of alkyl halides is 3. The van der Waals surface area contributed by atoms with Crippen molar-refractivity contribution in [2.45, 2.75) is 13.3 Å². The van der Waals surface area contributed by atoms with Gasteiger partial charge in [-0.15, -0.1) is 13.2 Å². The number of pyridine rings is 1. The summed E-state index contributed by atoms with van der Waals surface area (Å²) in [6.07, 6.45) is -3.36. The van der Waals surface area contributed by atoms with Crippen LogP contribution in [0.5, 0.6) is 5.75 Å². The standard InChI is InChI=1S/C8H6F3NO2/c1-5-2-3-12-6(4-13)7(5)14-8(9,10)11/h2-4H,1H3. The fourth-order valence-electron chi connectivity index (χ4n) is 0.898. The number of ether oxygens (including phenoxy) is 1. The molecule has 0 aliphatic rings. The first kappa shape index (κ1) is 10.5. The molecule has 1 heterocycles. The summed E-state index contributed by atoms with van der Waals surface area (Å²) in [5.41, 5.74) is -0.151. The van der Waals surface area contributed by atoms with Gasteiger partial charge in [-0.2, -0.15) is 0 Å². The Balaban J connectivity index is 3.11. The number of nitrogens with zero attached hydrogens (tertiary/aromatic N) is 1.